The van der Waals surface area contributed by atoms with E-state index in [2.05, 4.69) is 12.2 Å². The second-order valence-corrected chi connectivity index (χ2v) is 6.82. The van der Waals surface area contributed by atoms with E-state index in [1.807, 2.05) is 0 Å². The normalized spacial score (nSPS) is 10.8. The summed E-state index contributed by atoms with van der Waals surface area (Å²) in [6, 6.07) is 4.18. The summed E-state index contributed by atoms with van der Waals surface area (Å²) in [5.74, 6) is -1.92. The molecule has 2 N–H and O–H groups in total. The average molecular weight is 352 g/mol. The van der Waals surface area contributed by atoms with Crippen LogP contribution in [-0.4, -0.2) is 17.6 Å². The molecule has 3 nitrogen and oxygen atoms in total. The minimum absolute atomic E-state index is 0.282. The van der Waals surface area contributed by atoms with E-state index in [1.165, 1.54) is 82.8 Å². The highest BCUT2D eigenvalue weighted by Gasteiger charge is 2.09. The molecule has 1 aromatic carbocycles. The zero-order valence-electron chi connectivity index (χ0n) is 15.7. The number of aromatic carboxylic acids is 1. The van der Waals surface area contributed by atoms with Crippen LogP contribution in [0.5, 0.6) is 0 Å². The Morgan fingerprint density at radius 1 is 0.920 bits per heavy atom. The SMILES string of the molecule is CCCCCCCCCCCCCCNc1ccc(C(=O)O)c(F)c1. The van der Waals surface area contributed by atoms with Crippen molar-refractivity contribution < 1.29 is 14.3 Å². The van der Waals surface area contributed by atoms with Gasteiger partial charge < -0.3 is 10.4 Å². The van der Waals surface area contributed by atoms with Gasteiger partial charge in [0.1, 0.15) is 5.82 Å². The molecule has 0 aliphatic carbocycles. The standard InChI is InChI=1S/C21H34FNO2/c1-2-3-4-5-6-7-8-9-10-11-12-13-16-23-18-14-15-19(21(24)25)20(22)17-18/h14-15,17,23H,2-13,16H2,1H3,(H,24,25). The van der Waals surface area contributed by atoms with Crippen molar-refractivity contribution in [2.75, 3.05) is 11.9 Å². The number of unbranched alkanes of at least 4 members (excludes halogenated alkanes) is 11. The van der Waals surface area contributed by atoms with E-state index >= 15 is 0 Å². The molecule has 1 rings (SSSR count). The van der Waals surface area contributed by atoms with Gasteiger partial charge in [0.25, 0.3) is 0 Å². The van der Waals surface area contributed by atoms with Crippen LogP contribution in [-0.2, 0) is 0 Å². The highest BCUT2D eigenvalue weighted by atomic mass is 19.1. The van der Waals surface area contributed by atoms with Gasteiger partial charge in [0.2, 0.25) is 0 Å². The third-order valence-electron chi connectivity index (χ3n) is 4.56. The molecule has 0 atom stereocenters. The zero-order valence-corrected chi connectivity index (χ0v) is 15.7. The molecule has 0 unspecified atom stereocenters. The van der Waals surface area contributed by atoms with Crippen molar-refractivity contribution in [3.63, 3.8) is 0 Å². The third kappa shape index (κ3) is 10.1. The number of rotatable bonds is 15. The van der Waals surface area contributed by atoms with Crippen molar-refractivity contribution in [1.82, 2.24) is 0 Å². The maximum Gasteiger partial charge on any atom is 0.338 e. The molecule has 0 aromatic heterocycles. The average Bonchev–Trinajstić information content (AvgIpc) is 2.58. The fraction of sp³-hybridized carbons (Fsp3) is 0.667. The monoisotopic (exact) mass is 351 g/mol. The number of hydrogen-bond acceptors (Lipinski definition) is 2. The second-order valence-electron chi connectivity index (χ2n) is 6.82. The molecule has 0 aliphatic heterocycles. The maximum absolute atomic E-state index is 13.5. The lowest BCUT2D eigenvalue weighted by molar-refractivity contribution is 0.0692. The van der Waals surface area contributed by atoms with Crippen LogP contribution >= 0.6 is 0 Å². The summed E-state index contributed by atoms with van der Waals surface area (Å²) in [5, 5.41) is 11.9. The minimum atomic E-state index is -1.23. The van der Waals surface area contributed by atoms with Crippen LogP contribution in [0.2, 0.25) is 0 Å². The van der Waals surface area contributed by atoms with E-state index in [9.17, 15) is 9.18 Å². The van der Waals surface area contributed by atoms with Gasteiger partial charge in [-0.1, -0.05) is 77.6 Å². The number of anilines is 1. The van der Waals surface area contributed by atoms with Gasteiger partial charge in [-0.25, -0.2) is 9.18 Å². The first-order valence-corrected chi connectivity index (χ1v) is 9.92. The van der Waals surface area contributed by atoms with Crippen LogP contribution in [0.3, 0.4) is 0 Å². The smallest absolute Gasteiger partial charge is 0.338 e. The Labute approximate surface area is 152 Å². The predicted molar refractivity (Wildman–Crippen MR) is 103 cm³/mol. The van der Waals surface area contributed by atoms with E-state index < -0.39 is 11.8 Å². The Bertz CT molecular complexity index is 491. The molecule has 0 amide bonds. The van der Waals surface area contributed by atoms with Gasteiger partial charge in [-0.2, -0.15) is 0 Å². The number of hydrogen-bond donors (Lipinski definition) is 2. The Hall–Kier alpha value is -1.58. The van der Waals surface area contributed by atoms with Crippen molar-refractivity contribution in [2.45, 2.75) is 84.0 Å². The lowest BCUT2D eigenvalue weighted by atomic mass is 10.1. The summed E-state index contributed by atoms with van der Waals surface area (Å²) in [5.41, 5.74) is 0.362. The summed E-state index contributed by atoms with van der Waals surface area (Å²) >= 11 is 0. The molecule has 25 heavy (non-hydrogen) atoms. The molecule has 0 aliphatic rings. The molecule has 142 valence electrons. The second kappa shape index (κ2) is 13.7. The van der Waals surface area contributed by atoms with Crippen LogP contribution in [0.4, 0.5) is 10.1 Å². The molecule has 0 heterocycles. The van der Waals surface area contributed by atoms with Crippen molar-refractivity contribution in [2.24, 2.45) is 0 Å². The summed E-state index contributed by atoms with van der Waals surface area (Å²) in [7, 11) is 0. The molecule has 0 saturated carbocycles. The lowest BCUT2D eigenvalue weighted by Gasteiger charge is -2.07. The largest absolute Gasteiger partial charge is 0.478 e. The first-order valence-electron chi connectivity index (χ1n) is 9.92. The van der Waals surface area contributed by atoms with Gasteiger partial charge in [0.05, 0.1) is 5.56 Å². The molecule has 0 radical (unpaired) electrons. The number of halogens is 1. The molecule has 0 bridgehead atoms. The Morgan fingerprint density at radius 3 is 1.92 bits per heavy atom. The molecule has 4 heteroatoms. The van der Waals surface area contributed by atoms with Crippen molar-refractivity contribution in [3.05, 3.63) is 29.6 Å². The Kier molecular flexibility index (Phi) is 11.7. The van der Waals surface area contributed by atoms with Crippen LogP contribution in [0.25, 0.3) is 0 Å². The van der Waals surface area contributed by atoms with E-state index in [-0.39, 0.29) is 5.56 Å². The Morgan fingerprint density at radius 2 is 1.44 bits per heavy atom. The molecule has 0 fully saturated rings. The quantitative estimate of drug-likeness (QED) is 0.348. The summed E-state index contributed by atoms with van der Waals surface area (Å²) in [6.45, 7) is 3.05. The zero-order chi connectivity index (χ0) is 18.3. The van der Waals surface area contributed by atoms with Gasteiger partial charge in [-0.05, 0) is 24.6 Å². The molecular formula is C21H34FNO2. The summed E-state index contributed by atoms with van der Waals surface area (Å²) in [6.07, 6.45) is 15.7. The van der Waals surface area contributed by atoms with Gasteiger partial charge in [-0.3, -0.25) is 0 Å². The molecule has 1 aromatic rings. The predicted octanol–water partition coefficient (Wildman–Crippen LogP) is 6.64. The number of carbonyl (C=O) groups is 1. The fourth-order valence-corrected chi connectivity index (χ4v) is 3.00. The number of benzene rings is 1. The highest BCUT2D eigenvalue weighted by Crippen LogP contribution is 2.15. The fourth-order valence-electron chi connectivity index (χ4n) is 3.00. The van der Waals surface area contributed by atoms with Gasteiger partial charge in [0, 0.05) is 12.2 Å². The lowest BCUT2D eigenvalue weighted by Crippen LogP contribution is -2.04. The van der Waals surface area contributed by atoms with Crippen LogP contribution in [0.15, 0.2) is 18.2 Å². The molecular weight excluding hydrogens is 317 g/mol. The Balaban J connectivity index is 1.95. The van der Waals surface area contributed by atoms with E-state index in [0.717, 1.165) is 13.0 Å². The molecule has 0 spiro atoms. The third-order valence-corrected chi connectivity index (χ3v) is 4.56. The minimum Gasteiger partial charge on any atom is -0.478 e. The molecule has 0 saturated heterocycles. The van der Waals surface area contributed by atoms with Gasteiger partial charge in [0.15, 0.2) is 0 Å². The number of nitrogens with one attached hydrogen (secondary N) is 1. The topological polar surface area (TPSA) is 49.3 Å². The maximum atomic E-state index is 13.5. The summed E-state index contributed by atoms with van der Waals surface area (Å²) in [4.78, 5) is 10.8. The van der Waals surface area contributed by atoms with Crippen molar-refractivity contribution >= 4 is 11.7 Å². The van der Waals surface area contributed by atoms with Crippen molar-refractivity contribution in [3.8, 4) is 0 Å². The van der Waals surface area contributed by atoms with Crippen LogP contribution < -0.4 is 5.32 Å². The summed E-state index contributed by atoms with van der Waals surface area (Å²) < 4.78 is 13.5. The van der Waals surface area contributed by atoms with Gasteiger partial charge in [-0.15, -0.1) is 0 Å². The van der Waals surface area contributed by atoms with Crippen LogP contribution in [0.1, 0.15) is 94.3 Å². The van der Waals surface area contributed by atoms with Crippen molar-refractivity contribution in [1.29, 1.82) is 0 Å². The van der Waals surface area contributed by atoms with Gasteiger partial charge >= 0.3 is 5.97 Å². The van der Waals surface area contributed by atoms with E-state index in [0.29, 0.717) is 5.69 Å². The highest BCUT2D eigenvalue weighted by molar-refractivity contribution is 5.88. The number of carboxylic acids is 1. The van der Waals surface area contributed by atoms with E-state index in [1.54, 1.807) is 6.07 Å². The number of carboxylic acid groups (broad SMARTS) is 1. The van der Waals surface area contributed by atoms with E-state index in [4.69, 9.17) is 5.11 Å². The first kappa shape index (κ1) is 21.5. The van der Waals surface area contributed by atoms with Crippen LogP contribution in [0, 0.1) is 5.82 Å². The first-order chi connectivity index (χ1) is 12.1.